The van der Waals surface area contributed by atoms with Crippen molar-refractivity contribution in [3.63, 3.8) is 0 Å². The van der Waals surface area contributed by atoms with Gasteiger partial charge in [0.15, 0.2) is 0 Å². The lowest BCUT2D eigenvalue weighted by molar-refractivity contribution is 0.625. The first-order chi connectivity index (χ1) is 10.7. The summed E-state index contributed by atoms with van der Waals surface area (Å²) in [6.45, 7) is 8.92. The zero-order chi connectivity index (χ0) is 17.0. The summed E-state index contributed by atoms with van der Waals surface area (Å²) in [4.78, 5) is 8.91. The van der Waals surface area contributed by atoms with Gasteiger partial charge in [-0.15, -0.1) is 0 Å². The molecule has 124 valence electrons. The quantitative estimate of drug-likeness (QED) is 0.798. The van der Waals surface area contributed by atoms with E-state index in [4.69, 9.17) is 23.2 Å². The summed E-state index contributed by atoms with van der Waals surface area (Å²) in [6.07, 6.45) is 0.793. The van der Waals surface area contributed by atoms with E-state index in [0.717, 1.165) is 30.0 Å². The Morgan fingerprint density at radius 2 is 1.83 bits per heavy atom. The highest BCUT2D eigenvalue weighted by atomic mass is 35.5. The van der Waals surface area contributed by atoms with Crippen LogP contribution in [0.5, 0.6) is 0 Å². The van der Waals surface area contributed by atoms with Gasteiger partial charge in [0.2, 0.25) is 5.95 Å². The Hall–Kier alpha value is -1.52. The maximum absolute atomic E-state index is 6.19. The van der Waals surface area contributed by atoms with Gasteiger partial charge < -0.3 is 10.6 Å². The predicted octanol–water partition coefficient (Wildman–Crippen LogP) is 4.96. The summed E-state index contributed by atoms with van der Waals surface area (Å²) < 4.78 is 0. The normalized spacial score (nSPS) is 11.4. The first-order valence-electron chi connectivity index (χ1n) is 7.54. The molecule has 0 bridgehead atoms. The van der Waals surface area contributed by atoms with E-state index in [-0.39, 0.29) is 5.54 Å². The lowest BCUT2D eigenvalue weighted by Gasteiger charge is -2.21. The monoisotopic (exact) mass is 352 g/mol. The standard InChI is InChI=1S/C17H22Cl2N4/c1-11-9-15(22-16(21-11)23-17(2,3)4)20-8-7-12-5-6-13(18)10-14(12)19/h5-6,9-10H,7-8H2,1-4H3,(H2,20,21,22,23). The Balaban J connectivity index is 2.00. The fourth-order valence-electron chi connectivity index (χ4n) is 2.10. The number of anilines is 2. The lowest BCUT2D eigenvalue weighted by atomic mass is 10.1. The average molecular weight is 353 g/mol. The highest BCUT2D eigenvalue weighted by molar-refractivity contribution is 6.35. The van der Waals surface area contributed by atoms with Crippen LogP contribution in [0, 0.1) is 6.92 Å². The molecule has 0 amide bonds. The van der Waals surface area contributed by atoms with Crippen molar-refractivity contribution in [1.29, 1.82) is 0 Å². The highest BCUT2D eigenvalue weighted by Crippen LogP contribution is 2.21. The van der Waals surface area contributed by atoms with Crippen molar-refractivity contribution in [1.82, 2.24) is 9.97 Å². The number of hydrogen-bond donors (Lipinski definition) is 2. The van der Waals surface area contributed by atoms with Crippen LogP contribution in [0.25, 0.3) is 0 Å². The summed E-state index contributed by atoms with van der Waals surface area (Å²) in [6, 6.07) is 7.49. The molecule has 0 spiro atoms. The summed E-state index contributed by atoms with van der Waals surface area (Å²) in [7, 11) is 0. The summed E-state index contributed by atoms with van der Waals surface area (Å²) in [5, 5.41) is 7.94. The molecule has 6 heteroatoms. The van der Waals surface area contributed by atoms with Gasteiger partial charge in [-0.2, -0.15) is 4.98 Å². The molecule has 0 aliphatic heterocycles. The van der Waals surface area contributed by atoms with E-state index in [1.807, 2.05) is 25.1 Å². The number of rotatable bonds is 5. The van der Waals surface area contributed by atoms with Gasteiger partial charge in [0.1, 0.15) is 5.82 Å². The third-order valence-electron chi connectivity index (χ3n) is 3.06. The molecule has 1 aromatic heterocycles. The minimum Gasteiger partial charge on any atom is -0.370 e. The number of hydrogen-bond acceptors (Lipinski definition) is 4. The van der Waals surface area contributed by atoms with E-state index in [9.17, 15) is 0 Å². The third kappa shape index (κ3) is 5.88. The molecule has 2 aromatic rings. The second-order valence-electron chi connectivity index (χ2n) is 6.51. The van der Waals surface area contributed by atoms with Crippen molar-refractivity contribution in [2.75, 3.05) is 17.2 Å². The summed E-state index contributed by atoms with van der Waals surface area (Å²) in [5.41, 5.74) is 1.89. The zero-order valence-electron chi connectivity index (χ0n) is 13.9. The van der Waals surface area contributed by atoms with Gasteiger partial charge in [-0.3, -0.25) is 0 Å². The number of nitrogens with one attached hydrogen (secondary N) is 2. The van der Waals surface area contributed by atoms with Gasteiger partial charge in [0, 0.05) is 33.9 Å². The molecule has 2 N–H and O–H groups in total. The molecular weight excluding hydrogens is 331 g/mol. The van der Waals surface area contributed by atoms with Crippen LogP contribution in [0.1, 0.15) is 32.0 Å². The van der Waals surface area contributed by atoms with Crippen LogP contribution in [-0.2, 0) is 6.42 Å². The summed E-state index contributed by atoms with van der Waals surface area (Å²) in [5.74, 6) is 1.43. The Kier molecular flexibility index (Phi) is 5.71. The fourth-order valence-corrected chi connectivity index (χ4v) is 2.60. The SMILES string of the molecule is Cc1cc(NCCc2ccc(Cl)cc2Cl)nc(NC(C)(C)C)n1. The number of nitrogens with zero attached hydrogens (tertiary/aromatic N) is 2. The maximum atomic E-state index is 6.19. The van der Waals surface area contributed by atoms with Crippen LogP contribution in [0.2, 0.25) is 10.0 Å². The van der Waals surface area contributed by atoms with Gasteiger partial charge in [0.05, 0.1) is 0 Å². The molecule has 23 heavy (non-hydrogen) atoms. The molecule has 0 saturated carbocycles. The van der Waals surface area contributed by atoms with Crippen molar-refractivity contribution in [3.05, 3.63) is 45.6 Å². The Bertz CT molecular complexity index is 681. The lowest BCUT2D eigenvalue weighted by Crippen LogP contribution is -2.27. The third-order valence-corrected chi connectivity index (χ3v) is 3.64. The van der Waals surface area contributed by atoms with Crippen LogP contribution >= 0.6 is 23.2 Å². The molecule has 0 atom stereocenters. The van der Waals surface area contributed by atoms with Crippen molar-refractivity contribution in [2.24, 2.45) is 0 Å². The molecule has 0 radical (unpaired) electrons. The van der Waals surface area contributed by atoms with E-state index in [1.54, 1.807) is 6.07 Å². The van der Waals surface area contributed by atoms with Gasteiger partial charge in [-0.1, -0.05) is 29.3 Å². The van der Waals surface area contributed by atoms with Crippen LogP contribution in [0.15, 0.2) is 24.3 Å². The van der Waals surface area contributed by atoms with Gasteiger partial charge >= 0.3 is 0 Å². The van der Waals surface area contributed by atoms with Crippen molar-refractivity contribution >= 4 is 35.0 Å². The molecule has 0 saturated heterocycles. The minimum absolute atomic E-state index is 0.0815. The second kappa shape index (κ2) is 7.37. The van der Waals surface area contributed by atoms with E-state index in [2.05, 4.69) is 41.4 Å². The molecule has 4 nitrogen and oxygen atoms in total. The van der Waals surface area contributed by atoms with Crippen LogP contribution < -0.4 is 10.6 Å². The van der Waals surface area contributed by atoms with Gasteiger partial charge in [-0.05, 0) is 51.8 Å². The van der Waals surface area contributed by atoms with Gasteiger partial charge in [-0.25, -0.2) is 4.98 Å². The largest absolute Gasteiger partial charge is 0.370 e. The number of aryl methyl sites for hydroxylation is 1. The topological polar surface area (TPSA) is 49.8 Å². The van der Waals surface area contributed by atoms with E-state index in [0.29, 0.717) is 16.0 Å². The first kappa shape index (κ1) is 17.8. The number of benzene rings is 1. The minimum atomic E-state index is -0.0815. The smallest absolute Gasteiger partial charge is 0.225 e. The molecule has 2 rings (SSSR count). The fraction of sp³-hybridized carbons (Fsp3) is 0.412. The van der Waals surface area contributed by atoms with Gasteiger partial charge in [0.25, 0.3) is 0 Å². The Morgan fingerprint density at radius 3 is 2.48 bits per heavy atom. The summed E-state index contributed by atoms with van der Waals surface area (Å²) >= 11 is 12.1. The number of aromatic nitrogens is 2. The maximum Gasteiger partial charge on any atom is 0.225 e. The first-order valence-corrected chi connectivity index (χ1v) is 8.30. The predicted molar refractivity (Wildman–Crippen MR) is 98.8 cm³/mol. The van der Waals surface area contributed by atoms with Crippen molar-refractivity contribution in [3.8, 4) is 0 Å². The highest BCUT2D eigenvalue weighted by Gasteiger charge is 2.12. The Morgan fingerprint density at radius 1 is 1.09 bits per heavy atom. The van der Waals surface area contributed by atoms with Crippen molar-refractivity contribution < 1.29 is 0 Å². The van der Waals surface area contributed by atoms with Crippen LogP contribution in [0.4, 0.5) is 11.8 Å². The number of halogens is 2. The molecule has 0 aliphatic rings. The zero-order valence-corrected chi connectivity index (χ0v) is 15.4. The van der Waals surface area contributed by atoms with Crippen molar-refractivity contribution in [2.45, 2.75) is 39.7 Å². The van der Waals surface area contributed by atoms with E-state index >= 15 is 0 Å². The van der Waals surface area contributed by atoms with Crippen LogP contribution in [0.3, 0.4) is 0 Å². The second-order valence-corrected chi connectivity index (χ2v) is 7.35. The molecule has 0 fully saturated rings. The molecule has 1 aromatic carbocycles. The molecule has 0 aliphatic carbocycles. The van der Waals surface area contributed by atoms with E-state index in [1.165, 1.54) is 0 Å². The molecule has 0 unspecified atom stereocenters. The molecule has 1 heterocycles. The average Bonchev–Trinajstić information content (AvgIpc) is 2.38. The van der Waals surface area contributed by atoms with E-state index < -0.39 is 0 Å². The Labute approximate surface area is 147 Å². The van der Waals surface area contributed by atoms with Crippen LogP contribution in [-0.4, -0.2) is 22.1 Å². The molecular formula is C17H22Cl2N4.